The van der Waals surface area contributed by atoms with Gasteiger partial charge >= 0.3 is 0 Å². The SMILES string of the molecule is Cc1ccc2nc(-c3cccnc3)cc(C(=O)NC3CC4C(C3)C4(F)F)c2c1. The molecule has 0 aliphatic heterocycles. The summed E-state index contributed by atoms with van der Waals surface area (Å²) in [6, 6.07) is 11.1. The molecule has 2 heterocycles. The molecule has 2 aromatic heterocycles. The number of nitrogens with one attached hydrogen (secondary N) is 1. The fraction of sp³-hybridized carbons (Fsp3) is 0.318. The molecule has 2 saturated carbocycles. The maximum absolute atomic E-state index is 13.4. The molecule has 28 heavy (non-hydrogen) atoms. The molecule has 6 heteroatoms. The van der Waals surface area contributed by atoms with Gasteiger partial charge in [0.15, 0.2) is 0 Å². The average Bonchev–Trinajstić information content (AvgIpc) is 3.02. The molecule has 4 nitrogen and oxygen atoms in total. The van der Waals surface area contributed by atoms with Crippen LogP contribution in [-0.2, 0) is 0 Å². The number of hydrogen-bond acceptors (Lipinski definition) is 3. The number of hydrogen-bond donors (Lipinski definition) is 1. The number of rotatable bonds is 3. The first-order chi connectivity index (χ1) is 13.4. The number of aromatic nitrogens is 2. The van der Waals surface area contributed by atoms with Crippen molar-refractivity contribution in [2.45, 2.75) is 31.7 Å². The van der Waals surface area contributed by atoms with Gasteiger partial charge in [0.25, 0.3) is 11.8 Å². The first-order valence-electron chi connectivity index (χ1n) is 9.44. The molecule has 0 spiro atoms. The number of aryl methyl sites for hydroxylation is 1. The van der Waals surface area contributed by atoms with Crippen molar-refractivity contribution in [3.8, 4) is 11.3 Å². The zero-order chi connectivity index (χ0) is 19.5. The highest BCUT2D eigenvalue weighted by Crippen LogP contribution is 2.64. The Bertz CT molecular complexity index is 1070. The molecule has 1 aromatic carbocycles. The normalized spacial score (nSPS) is 24.8. The second kappa shape index (κ2) is 6.06. The molecule has 3 aromatic rings. The van der Waals surface area contributed by atoms with E-state index >= 15 is 0 Å². The molecule has 0 bridgehead atoms. The summed E-state index contributed by atoms with van der Waals surface area (Å²) in [6.07, 6.45) is 4.08. The van der Waals surface area contributed by atoms with Crippen molar-refractivity contribution in [2.75, 3.05) is 0 Å². The summed E-state index contributed by atoms with van der Waals surface area (Å²) < 4.78 is 26.9. The number of carbonyl (C=O) groups is 1. The minimum atomic E-state index is -2.53. The van der Waals surface area contributed by atoms with Crippen LogP contribution < -0.4 is 5.32 Å². The largest absolute Gasteiger partial charge is 0.349 e. The van der Waals surface area contributed by atoms with E-state index in [4.69, 9.17) is 0 Å². The van der Waals surface area contributed by atoms with E-state index < -0.39 is 17.8 Å². The lowest BCUT2D eigenvalue weighted by Crippen LogP contribution is -2.35. The van der Waals surface area contributed by atoms with Crippen LogP contribution >= 0.6 is 0 Å². The van der Waals surface area contributed by atoms with Crippen LogP contribution in [0.25, 0.3) is 22.2 Å². The first-order valence-corrected chi connectivity index (χ1v) is 9.44. The van der Waals surface area contributed by atoms with Gasteiger partial charge in [0.1, 0.15) is 0 Å². The Balaban J connectivity index is 1.50. The molecule has 1 amide bonds. The van der Waals surface area contributed by atoms with Crippen LogP contribution in [0.5, 0.6) is 0 Å². The summed E-state index contributed by atoms with van der Waals surface area (Å²) in [4.78, 5) is 21.9. The maximum atomic E-state index is 13.4. The summed E-state index contributed by atoms with van der Waals surface area (Å²) in [6.45, 7) is 1.96. The number of nitrogens with zero attached hydrogens (tertiary/aromatic N) is 2. The predicted octanol–water partition coefficient (Wildman–Crippen LogP) is 4.38. The summed E-state index contributed by atoms with van der Waals surface area (Å²) >= 11 is 0. The Morgan fingerprint density at radius 2 is 1.96 bits per heavy atom. The highest BCUT2D eigenvalue weighted by atomic mass is 19.3. The number of carbonyl (C=O) groups excluding carboxylic acids is 1. The van der Waals surface area contributed by atoms with Gasteiger partial charge in [-0.2, -0.15) is 0 Å². The Kier molecular flexibility index (Phi) is 3.73. The van der Waals surface area contributed by atoms with Crippen LogP contribution in [-0.4, -0.2) is 27.8 Å². The molecule has 142 valence electrons. The fourth-order valence-corrected chi connectivity index (χ4v) is 4.38. The zero-order valence-corrected chi connectivity index (χ0v) is 15.3. The van der Waals surface area contributed by atoms with Crippen molar-refractivity contribution in [1.29, 1.82) is 0 Å². The number of halogens is 2. The number of amides is 1. The van der Waals surface area contributed by atoms with Gasteiger partial charge in [-0.05, 0) is 50.1 Å². The van der Waals surface area contributed by atoms with Crippen LogP contribution in [0.4, 0.5) is 8.78 Å². The van der Waals surface area contributed by atoms with Gasteiger partial charge < -0.3 is 5.32 Å². The predicted molar refractivity (Wildman–Crippen MR) is 102 cm³/mol. The maximum Gasteiger partial charge on any atom is 0.254 e. The second-order valence-corrected chi connectivity index (χ2v) is 7.85. The summed E-state index contributed by atoms with van der Waals surface area (Å²) in [5, 5.41) is 3.73. The Labute approximate surface area is 161 Å². The molecule has 0 radical (unpaired) electrons. The van der Waals surface area contributed by atoms with Gasteiger partial charge in [0, 0.05) is 41.2 Å². The molecular weight excluding hydrogens is 360 g/mol. The number of benzene rings is 1. The van der Waals surface area contributed by atoms with Crippen molar-refractivity contribution in [3.63, 3.8) is 0 Å². The van der Waals surface area contributed by atoms with Gasteiger partial charge in [-0.3, -0.25) is 9.78 Å². The molecule has 2 aliphatic rings. The fourth-order valence-electron chi connectivity index (χ4n) is 4.38. The molecule has 2 unspecified atom stereocenters. The van der Waals surface area contributed by atoms with E-state index in [1.807, 2.05) is 37.3 Å². The molecule has 2 fully saturated rings. The highest BCUT2D eigenvalue weighted by molar-refractivity contribution is 6.07. The van der Waals surface area contributed by atoms with Crippen LogP contribution in [0.1, 0.15) is 28.8 Å². The number of alkyl halides is 2. The van der Waals surface area contributed by atoms with Crippen molar-refractivity contribution in [2.24, 2.45) is 11.8 Å². The molecule has 5 rings (SSSR count). The van der Waals surface area contributed by atoms with Crippen LogP contribution in [0, 0.1) is 18.8 Å². The van der Waals surface area contributed by atoms with Crippen molar-refractivity contribution in [1.82, 2.24) is 15.3 Å². The molecule has 1 N–H and O–H groups in total. The van der Waals surface area contributed by atoms with Gasteiger partial charge in [-0.25, -0.2) is 13.8 Å². The van der Waals surface area contributed by atoms with Gasteiger partial charge in [0.05, 0.1) is 16.8 Å². The highest BCUT2D eigenvalue weighted by Gasteiger charge is 2.71. The van der Waals surface area contributed by atoms with E-state index in [1.54, 1.807) is 18.5 Å². The third-order valence-corrected chi connectivity index (χ3v) is 5.94. The van der Waals surface area contributed by atoms with E-state index in [1.165, 1.54) is 0 Å². The molecule has 0 saturated heterocycles. The Morgan fingerprint density at radius 1 is 1.18 bits per heavy atom. The van der Waals surface area contributed by atoms with E-state index in [0.29, 0.717) is 24.1 Å². The van der Waals surface area contributed by atoms with E-state index in [9.17, 15) is 13.6 Å². The summed E-state index contributed by atoms with van der Waals surface area (Å²) in [5.41, 5.74) is 3.74. The number of pyridine rings is 2. The quantitative estimate of drug-likeness (QED) is 0.735. The number of fused-ring (bicyclic) bond motifs is 2. The topological polar surface area (TPSA) is 54.9 Å². The first kappa shape index (κ1) is 17.2. The van der Waals surface area contributed by atoms with Crippen LogP contribution in [0.3, 0.4) is 0 Å². The molecule has 2 aliphatic carbocycles. The van der Waals surface area contributed by atoms with E-state index in [0.717, 1.165) is 22.0 Å². The average molecular weight is 379 g/mol. The van der Waals surface area contributed by atoms with E-state index in [-0.39, 0.29) is 11.9 Å². The third kappa shape index (κ3) is 2.75. The lowest BCUT2D eigenvalue weighted by molar-refractivity contribution is 0.0649. The Morgan fingerprint density at radius 3 is 2.68 bits per heavy atom. The monoisotopic (exact) mass is 379 g/mol. The molecular formula is C22H19F2N3O. The van der Waals surface area contributed by atoms with Gasteiger partial charge in [-0.15, -0.1) is 0 Å². The summed E-state index contributed by atoms with van der Waals surface area (Å²) in [5.74, 6) is -3.91. The zero-order valence-electron chi connectivity index (χ0n) is 15.3. The minimum Gasteiger partial charge on any atom is -0.349 e. The molecule has 2 atom stereocenters. The van der Waals surface area contributed by atoms with Crippen LogP contribution in [0.15, 0.2) is 48.8 Å². The lowest BCUT2D eigenvalue weighted by atomic mass is 10.0. The van der Waals surface area contributed by atoms with Crippen molar-refractivity contribution in [3.05, 3.63) is 59.9 Å². The minimum absolute atomic E-state index is 0.197. The third-order valence-electron chi connectivity index (χ3n) is 5.94. The van der Waals surface area contributed by atoms with E-state index in [2.05, 4.69) is 15.3 Å². The van der Waals surface area contributed by atoms with Crippen LogP contribution in [0.2, 0.25) is 0 Å². The standard InChI is InChI=1S/C22H19F2N3O/c1-12-4-5-19-15(7-12)16(10-20(27-19)13-3-2-6-25-11-13)21(28)26-14-8-17-18(9-14)22(17,23)24/h2-7,10-11,14,17-18H,8-9H2,1H3,(H,26,28). The Hall–Kier alpha value is -2.89. The van der Waals surface area contributed by atoms with Gasteiger partial charge in [0.2, 0.25) is 0 Å². The van der Waals surface area contributed by atoms with Crippen molar-refractivity contribution >= 4 is 16.8 Å². The van der Waals surface area contributed by atoms with Gasteiger partial charge in [-0.1, -0.05) is 11.6 Å². The lowest BCUT2D eigenvalue weighted by Gasteiger charge is -2.17. The van der Waals surface area contributed by atoms with Crippen molar-refractivity contribution < 1.29 is 13.6 Å². The summed E-state index contributed by atoms with van der Waals surface area (Å²) in [7, 11) is 0. The second-order valence-electron chi connectivity index (χ2n) is 7.85. The smallest absolute Gasteiger partial charge is 0.254 e.